The molecule has 16 heavy (non-hydrogen) atoms. The number of nitrogens with zero attached hydrogens (tertiary/aromatic N) is 2. The maximum Gasteiger partial charge on any atom is 0.229 e. The molecule has 0 fully saturated rings. The smallest absolute Gasteiger partial charge is 0.229 e. The highest BCUT2D eigenvalue weighted by molar-refractivity contribution is 9.10. The molecule has 0 radical (unpaired) electrons. The lowest BCUT2D eigenvalue weighted by atomic mass is 10.2. The third-order valence-electron chi connectivity index (χ3n) is 2.14. The van der Waals surface area contributed by atoms with Crippen LogP contribution in [0.15, 0.2) is 20.4 Å². The number of aliphatic hydroxyl groups is 1. The second-order valence-corrected chi connectivity index (χ2v) is 5.23. The standard InChI is InChI=1S/C10H11BrN2O2S/c1-2-7(14)4-9-12-10(13-15-9)8-3-6(11)5-16-8/h3,5,7,14H,2,4H2,1H3. The van der Waals surface area contributed by atoms with Gasteiger partial charge in [0.1, 0.15) is 0 Å². The molecule has 1 atom stereocenters. The first-order valence-corrected chi connectivity index (χ1v) is 6.61. The fourth-order valence-electron chi connectivity index (χ4n) is 1.21. The molecule has 86 valence electrons. The Kier molecular flexibility index (Phi) is 3.73. The first-order valence-electron chi connectivity index (χ1n) is 4.94. The predicted octanol–water partition coefficient (Wildman–Crippen LogP) is 2.87. The van der Waals surface area contributed by atoms with Crippen LogP contribution >= 0.6 is 27.3 Å². The van der Waals surface area contributed by atoms with Crippen molar-refractivity contribution in [1.82, 2.24) is 10.1 Å². The van der Waals surface area contributed by atoms with Gasteiger partial charge in [0.25, 0.3) is 0 Å². The third kappa shape index (κ3) is 2.69. The average molecular weight is 303 g/mol. The predicted molar refractivity (Wildman–Crippen MR) is 65.3 cm³/mol. The van der Waals surface area contributed by atoms with E-state index in [4.69, 9.17) is 4.52 Å². The molecule has 1 N–H and O–H groups in total. The van der Waals surface area contributed by atoms with Crippen LogP contribution in [0, 0.1) is 0 Å². The van der Waals surface area contributed by atoms with Crippen LogP contribution in [0.5, 0.6) is 0 Å². The Morgan fingerprint density at radius 3 is 3.06 bits per heavy atom. The summed E-state index contributed by atoms with van der Waals surface area (Å²) < 4.78 is 6.08. The molecule has 1 unspecified atom stereocenters. The van der Waals surface area contributed by atoms with Crippen molar-refractivity contribution >= 4 is 27.3 Å². The molecule has 0 aromatic carbocycles. The summed E-state index contributed by atoms with van der Waals surface area (Å²) in [4.78, 5) is 5.19. The molecule has 2 aromatic heterocycles. The van der Waals surface area contributed by atoms with Crippen molar-refractivity contribution < 1.29 is 9.63 Å². The quantitative estimate of drug-likeness (QED) is 0.943. The van der Waals surface area contributed by atoms with Crippen LogP contribution in [0.3, 0.4) is 0 Å². The number of aliphatic hydroxyl groups excluding tert-OH is 1. The lowest BCUT2D eigenvalue weighted by molar-refractivity contribution is 0.158. The average Bonchev–Trinajstić information content (AvgIpc) is 2.87. The molecule has 0 saturated heterocycles. The Morgan fingerprint density at radius 1 is 1.62 bits per heavy atom. The Morgan fingerprint density at radius 2 is 2.44 bits per heavy atom. The molecule has 2 heterocycles. The highest BCUT2D eigenvalue weighted by Gasteiger charge is 2.13. The van der Waals surface area contributed by atoms with Crippen LogP contribution in [0.4, 0.5) is 0 Å². The van der Waals surface area contributed by atoms with E-state index in [1.54, 1.807) is 11.3 Å². The van der Waals surface area contributed by atoms with E-state index in [1.165, 1.54) is 0 Å². The van der Waals surface area contributed by atoms with Gasteiger partial charge in [0.2, 0.25) is 11.7 Å². The van der Waals surface area contributed by atoms with Crippen molar-refractivity contribution in [2.45, 2.75) is 25.9 Å². The van der Waals surface area contributed by atoms with Crippen LogP contribution < -0.4 is 0 Å². The zero-order valence-corrected chi connectivity index (χ0v) is 11.1. The molecule has 0 bridgehead atoms. The SMILES string of the molecule is CCC(O)Cc1nc(-c2cc(Br)cs2)no1. The Hall–Kier alpha value is -0.720. The Bertz CT molecular complexity index is 469. The highest BCUT2D eigenvalue weighted by Crippen LogP contribution is 2.27. The molecule has 0 aliphatic heterocycles. The van der Waals surface area contributed by atoms with Crippen LogP contribution in [0.2, 0.25) is 0 Å². The van der Waals surface area contributed by atoms with Crippen LogP contribution in [0.1, 0.15) is 19.2 Å². The maximum atomic E-state index is 9.46. The molecular formula is C10H11BrN2O2S. The Balaban J connectivity index is 2.13. The van der Waals surface area contributed by atoms with Gasteiger partial charge in [0.15, 0.2) is 0 Å². The number of rotatable bonds is 4. The van der Waals surface area contributed by atoms with E-state index >= 15 is 0 Å². The zero-order chi connectivity index (χ0) is 11.5. The van der Waals surface area contributed by atoms with Gasteiger partial charge in [-0.25, -0.2) is 0 Å². The largest absolute Gasteiger partial charge is 0.393 e. The van der Waals surface area contributed by atoms with E-state index in [9.17, 15) is 5.11 Å². The first kappa shape index (κ1) is 11.8. The van der Waals surface area contributed by atoms with E-state index in [-0.39, 0.29) is 0 Å². The fraction of sp³-hybridized carbons (Fsp3) is 0.400. The van der Waals surface area contributed by atoms with Crippen molar-refractivity contribution in [2.75, 3.05) is 0 Å². The summed E-state index contributed by atoms with van der Waals surface area (Å²) >= 11 is 4.92. The summed E-state index contributed by atoms with van der Waals surface area (Å²) in [6, 6.07) is 1.94. The van der Waals surface area contributed by atoms with Crippen molar-refractivity contribution in [3.05, 3.63) is 21.8 Å². The van der Waals surface area contributed by atoms with Gasteiger partial charge < -0.3 is 9.63 Å². The summed E-state index contributed by atoms with van der Waals surface area (Å²) in [5.41, 5.74) is 0. The van der Waals surface area contributed by atoms with E-state index in [2.05, 4.69) is 26.1 Å². The van der Waals surface area contributed by atoms with Crippen LogP contribution in [-0.2, 0) is 6.42 Å². The highest BCUT2D eigenvalue weighted by atomic mass is 79.9. The van der Waals surface area contributed by atoms with E-state index < -0.39 is 6.10 Å². The number of thiophene rings is 1. The number of hydrogen-bond donors (Lipinski definition) is 1. The van der Waals surface area contributed by atoms with Crippen LogP contribution in [-0.4, -0.2) is 21.4 Å². The summed E-state index contributed by atoms with van der Waals surface area (Å²) in [6.07, 6.45) is 0.682. The van der Waals surface area contributed by atoms with E-state index in [0.717, 1.165) is 9.35 Å². The van der Waals surface area contributed by atoms with Gasteiger partial charge in [0.05, 0.1) is 17.4 Å². The number of hydrogen-bond acceptors (Lipinski definition) is 5. The van der Waals surface area contributed by atoms with Gasteiger partial charge in [-0.3, -0.25) is 0 Å². The zero-order valence-electron chi connectivity index (χ0n) is 8.68. The van der Waals surface area contributed by atoms with Gasteiger partial charge in [-0.1, -0.05) is 12.1 Å². The van der Waals surface area contributed by atoms with Gasteiger partial charge in [-0.15, -0.1) is 11.3 Å². The van der Waals surface area contributed by atoms with Crippen molar-refractivity contribution in [3.63, 3.8) is 0 Å². The van der Waals surface area contributed by atoms with Crippen LogP contribution in [0.25, 0.3) is 10.7 Å². The van der Waals surface area contributed by atoms with Gasteiger partial charge >= 0.3 is 0 Å². The van der Waals surface area contributed by atoms with Crippen molar-refractivity contribution in [3.8, 4) is 10.7 Å². The molecule has 4 nitrogen and oxygen atoms in total. The Labute approximate surface area is 105 Å². The van der Waals surface area contributed by atoms with Gasteiger partial charge in [0, 0.05) is 9.85 Å². The van der Waals surface area contributed by atoms with Crippen molar-refractivity contribution in [2.24, 2.45) is 0 Å². The molecule has 2 rings (SSSR count). The minimum absolute atomic E-state index is 0.413. The van der Waals surface area contributed by atoms with E-state index in [0.29, 0.717) is 24.6 Å². The first-order chi connectivity index (χ1) is 7.69. The lowest BCUT2D eigenvalue weighted by Crippen LogP contribution is -2.08. The second-order valence-electron chi connectivity index (χ2n) is 3.41. The number of halogens is 1. The molecule has 0 spiro atoms. The molecular weight excluding hydrogens is 292 g/mol. The van der Waals surface area contributed by atoms with E-state index in [1.807, 2.05) is 18.4 Å². The van der Waals surface area contributed by atoms with Gasteiger partial charge in [-0.05, 0) is 28.4 Å². The minimum Gasteiger partial charge on any atom is -0.393 e. The minimum atomic E-state index is -0.414. The molecule has 0 aliphatic carbocycles. The molecule has 0 aliphatic rings. The lowest BCUT2D eigenvalue weighted by Gasteiger charge is -2.01. The van der Waals surface area contributed by atoms with Crippen molar-refractivity contribution in [1.29, 1.82) is 0 Å². The summed E-state index contributed by atoms with van der Waals surface area (Å²) in [6.45, 7) is 1.92. The third-order valence-corrected chi connectivity index (χ3v) is 3.82. The molecule has 6 heteroatoms. The molecule has 2 aromatic rings. The topological polar surface area (TPSA) is 59.2 Å². The molecule has 0 amide bonds. The molecule has 0 saturated carbocycles. The maximum absolute atomic E-state index is 9.46. The summed E-state index contributed by atoms with van der Waals surface area (Å²) in [7, 11) is 0. The fourth-order valence-corrected chi connectivity index (χ4v) is 2.57. The normalized spacial score (nSPS) is 12.9. The monoisotopic (exact) mass is 302 g/mol. The van der Waals surface area contributed by atoms with Gasteiger partial charge in [-0.2, -0.15) is 4.98 Å². The summed E-state index contributed by atoms with van der Waals surface area (Å²) in [5, 5.41) is 15.3. The summed E-state index contributed by atoms with van der Waals surface area (Å²) in [5.74, 6) is 1.06. The number of aromatic nitrogens is 2. The second kappa shape index (κ2) is 5.07.